The first-order valence-electron chi connectivity index (χ1n) is 11.5. The largest absolute Gasteiger partial charge is 0.407 e. The number of imide groups is 1. The monoisotopic (exact) mass is 457 g/mol. The normalized spacial score (nSPS) is 15.0. The van der Waals surface area contributed by atoms with Crippen molar-refractivity contribution in [1.29, 1.82) is 0 Å². The number of fused-ring (bicyclic) bond motifs is 1. The van der Waals surface area contributed by atoms with Gasteiger partial charge in [-0.15, -0.1) is 0 Å². The van der Waals surface area contributed by atoms with Gasteiger partial charge in [0.05, 0.1) is 11.1 Å². The number of hydrogen-bond acceptors (Lipinski definition) is 3. The summed E-state index contributed by atoms with van der Waals surface area (Å²) in [6.07, 6.45) is 0. The van der Waals surface area contributed by atoms with Crippen LogP contribution in [0.1, 0.15) is 48.4 Å². The van der Waals surface area contributed by atoms with Crippen molar-refractivity contribution in [2.45, 2.75) is 32.7 Å². The highest BCUT2D eigenvalue weighted by Crippen LogP contribution is 2.37. The summed E-state index contributed by atoms with van der Waals surface area (Å²) in [5, 5.41) is 2.32. The summed E-state index contributed by atoms with van der Waals surface area (Å²) in [4.78, 5) is 27.0. The lowest BCUT2D eigenvalue weighted by atomic mass is 10.1. The molecular weight excluding hydrogens is 426 g/mol. The van der Waals surface area contributed by atoms with Crippen molar-refractivity contribution in [2.75, 3.05) is 13.2 Å². The standard InChI is InChI=1S/C28H31NO3Si/c1-21(19-29-26(30)24-17-11-12-18-25(24)27(29)31)20-32-33(28(2,3)4,22-13-7-5-8-14-22)23-15-9-6-10-16-23/h5-18,21H,19-20H2,1-4H3. The summed E-state index contributed by atoms with van der Waals surface area (Å²) in [5.74, 6) is -0.436. The predicted octanol–water partition coefficient (Wildman–Crippen LogP) is 4.50. The van der Waals surface area contributed by atoms with Crippen LogP contribution in [0, 0.1) is 5.92 Å². The van der Waals surface area contributed by atoms with Gasteiger partial charge in [0.2, 0.25) is 0 Å². The van der Waals surface area contributed by atoms with Gasteiger partial charge in [0.1, 0.15) is 0 Å². The summed E-state index contributed by atoms with van der Waals surface area (Å²) in [6.45, 7) is 9.57. The molecule has 33 heavy (non-hydrogen) atoms. The lowest BCUT2D eigenvalue weighted by Crippen LogP contribution is -2.67. The van der Waals surface area contributed by atoms with Crippen LogP contribution in [0.2, 0.25) is 5.04 Å². The number of carbonyl (C=O) groups is 2. The van der Waals surface area contributed by atoms with Crippen molar-refractivity contribution < 1.29 is 14.0 Å². The molecule has 0 saturated carbocycles. The minimum absolute atomic E-state index is 0.00568. The van der Waals surface area contributed by atoms with Gasteiger partial charge >= 0.3 is 0 Å². The van der Waals surface area contributed by atoms with E-state index in [1.165, 1.54) is 15.3 Å². The molecule has 0 fully saturated rings. The van der Waals surface area contributed by atoms with E-state index in [0.717, 1.165) is 0 Å². The summed E-state index contributed by atoms with van der Waals surface area (Å²) < 4.78 is 6.98. The molecule has 170 valence electrons. The van der Waals surface area contributed by atoms with Gasteiger partial charge in [0, 0.05) is 13.2 Å². The van der Waals surface area contributed by atoms with Crippen LogP contribution < -0.4 is 10.4 Å². The fourth-order valence-electron chi connectivity index (χ4n) is 4.80. The first-order chi connectivity index (χ1) is 15.8. The first-order valence-corrected chi connectivity index (χ1v) is 13.4. The summed E-state index contributed by atoms with van der Waals surface area (Å²) in [5.41, 5.74) is 0.977. The van der Waals surface area contributed by atoms with Crippen LogP contribution >= 0.6 is 0 Å². The quantitative estimate of drug-likeness (QED) is 0.388. The Hall–Kier alpha value is -3.02. The molecule has 3 aromatic carbocycles. The van der Waals surface area contributed by atoms with E-state index in [1.807, 2.05) is 19.1 Å². The third kappa shape index (κ3) is 4.19. The SMILES string of the molecule is CC(CO[Si](c1ccccc1)(c1ccccc1)C(C)(C)C)CN1C(=O)c2ccccc2C1=O. The molecule has 2 amide bonds. The maximum atomic E-state index is 12.8. The Morgan fingerprint density at radius 3 is 1.61 bits per heavy atom. The van der Waals surface area contributed by atoms with Crippen LogP contribution in [0.3, 0.4) is 0 Å². The molecule has 1 heterocycles. The molecule has 1 aliphatic rings. The van der Waals surface area contributed by atoms with Gasteiger partial charge in [0.25, 0.3) is 20.1 Å². The van der Waals surface area contributed by atoms with E-state index in [1.54, 1.807) is 24.3 Å². The smallest absolute Gasteiger partial charge is 0.261 e. The van der Waals surface area contributed by atoms with E-state index in [-0.39, 0.29) is 22.8 Å². The number of carbonyl (C=O) groups excluding carboxylic acids is 2. The Morgan fingerprint density at radius 2 is 1.18 bits per heavy atom. The summed E-state index contributed by atoms with van der Waals surface area (Å²) in [7, 11) is -2.65. The summed E-state index contributed by atoms with van der Waals surface area (Å²) in [6, 6.07) is 28.0. The van der Waals surface area contributed by atoms with Crippen molar-refractivity contribution in [2.24, 2.45) is 5.92 Å². The van der Waals surface area contributed by atoms with Gasteiger partial charge in [-0.25, -0.2) is 0 Å². The van der Waals surface area contributed by atoms with Crippen LogP contribution in [-0.2, 0) is 4.43 Å². The lowest BCUT2D eigenvalue weighted by molar-refractivity contribution is 0.0616. The number of benzene rings is 3. The zero-order valence-electron chi connectivity index (χ0n) is 19.7. The Labute approximate surface area is 197 Å². The Morgan fingerprint density at radius 1 is 0.758 bits per heavy atom. The molecule has 0 spiro atoms. The second kappa shape index (κ2) is 9.08. The van der Waals surface area contributed by atoms with E-state index in [4.69, 9.17) is 4.43 Å². The minimum atomic E-state index is -2.65. The molecule has 1 aliphatic heterocycles. The van der Waals surface area contributed by atoms with Crippen LogP contribution in [-0.4, -0.2) is 38.2 Å². The Bertz CT molecular complexity index is 1060. The second-order valence-corrected chi connectivity index (χ2v) is 14.2. The predicted molar refractivity (Wildman–Crippen MR) is 135 cm³/mol. The van der Waals surface area contributed by atoms with Gasteiger partial charge < -0.3 is 4.43 Å². The van der Waals surface area contributed by atoms with Gasteiger partial charge in [-0.3, -0.25) is 14.5 Å². The highest BCUT2D eigenvalue weighted by atomic mass is 28.4. The Balaban J connectivity index is 1.61. The maximum absolute atomic E-state index is 12.8. The van der Waals surface area contributed by atoms with E-state index in [0.29, 0.717) is 24.3 Å². The molecule has 3 aromatic rings. The van der Waals surface area contributed by atoms with E-state index in [2.05, 4.69) is 69.3 Å². The third-order valence-corrected chi connectivity index (χ3v) is 11.4. The second-order valence-electron chi connectivity index (χ2n) is 9.85. The molecule has 4 nitrogen and oxygen atoms in total. The van der Waals surface area contributed by atoms with Crippen LogP contribution in [0.15, 0.2) is 84.9 Å². The third-order valence-electron chi connectivity index (χ3n) is 6.37. The molecule has 0 N–H and O–H groups in total. The van der Waals surface area contributed by atoms with Crippen molar-refractivity contribution in [3.05, 3.63) is 96.1 Å². The van der Waals surface area contributed by atoms with Crippen LogP contribution in [0.25, 0.3) is 0 Å². The van der Waals surface area contributed by atoms with Crippen molar-refractivity contribution in [3.63, 3.8) is 0 Å². The maximum Gasteiger partial charge on any atom is 0.261 e. The number of amides is 2. The van der Waals surface area contributed by atoms with Crippen molar-refractivity contribution in [1.82, 2.24) is 4.90 Å². The molecule has 0 bridgehead atoms. The van der Waals surface area contributed by atoms with Crippen LogP contribution in [0.5, 0.6) is 0 Å². The molecule has 0 saturated heterocycles. The number of rotatable bonds is 7. The average molecular weight is 458 g/mol. The molecular formula is C28H31NO3Si. The molecule has 0 aliphatic carbocycles. The first kappa shape index (κ1) is 23.1. The zero-order chi connectivity index (χ0) is 23.6. The molecule has 0 aromatic heterocycles. The van der Waals surface area contributed by atoms with Crippen molar-refractivity contribution in [3.8, 4) is 0 Å². The fourth-order valence-corrected chi connectivity index (χ4v) is 9.49. The highest BCUT2D eigenvalue weighted by molar-refractivity contribution is 6.99. The fraction of sp³-hybridized carbons (Fsp3) is 0.286. The molecule has 4 rings (SSSR count). The minimum Gasteiger partial charge on any atom is -0.407 e. The average Bonchev–Trinajstić information content (AvgIpc) is 3.05. The molecule has 1 atom stereocenters. The lowest BCUT2D eigenvalue weighted by Gasteiger charge is -2.43. The van der Waals surface area contributed by atoms with Gasteiger partial charge in [-0.05, 0) is 33.5 Å². The summed E-state index contributed by atoms with van der Waals surface area (Å²) >= 11 is 0. The Kier molecular flexibility index (Phi) is 6.37. The van der Waals surface area contributed by atoms with Crippen LogP contribution in [0.4, 0.5) is 0 Å². The van der Waals surface area contributed by atoms with Crippen molar-refractivity contribution >= 4 is 30.5 Å². The zero-order valence-corrected chi connectivity index (χ0v) is 20.7. The van der Waals surface area contributed by atoms with E-state index < -0.39 is 8.32 Å². The number of hydrogen-bond donors (Lipinski definition) is 0. The number of nitrogens with zero attached hydrogens (tertiary/aromatic N) is 1. The van der Waals surface area contributed by atoms with E-state index in [9.17, 15) is 9.59 Å². The van der Waals surface area contributed by atoms with Gasteiger partial charge in [0.15, 0.2) is 0 Å². The molecule has 1 unspecified atom stereocenters. The topological polar surface area (TPSA) is 46.6 Å². The molecule has 5 heteroatoms. The van der Waals surface area contributed by atoms with Gasteiger partial charge in [-0.2, -0.15) is 0 Å². The highest BCUT2D eigenvalue weighted by Gasteiger charge is 2.50. The van der Waals surface area contributed by atoms with Gasteiger partial charge in [-0.1, -0.05) is 100 Å². The molecule has 0 radical (unpaired) electrons. The van der Waals surface area contributed by atoms with E-state index >= 15 is 0 Å².